The lowest BCUT2D eigenvalue weighted by Crippen LogP contribution is -2.06. The Kier molecular flexibility index (Phi) is 3.66. The molecule has 0 saturated heterocycles. The molecule has 0 aliphatic heterocycles. The van der Waals surface area contributed by atoms with E-state index in [-0.39, 0.29) is 23.7 Å². The molecule has 22 heavy (non-hydrogen) atoms. The number of carbonyl (C=O) groups excluding carboxylic acids is 1. The number of rotatable bonds is 3. The van der Waals surface area contributed by atoms with Gasteiger partial charge >= 0.3 is 5.97 Å². The van der Waals surface area contributed by atoms with Gasteiger partial charge in [-0.1, -0.05) is 42.5 Å². The topological polar surface area (TPSA) is 66.8 Å². The second kappa shape index (κ2) is 5.77. The van der Waals surface area contributed by atoms with Gasteiger partial charge in [0.2, 0.25) is 0 Å². The molecule has 0 unspecified atom stereocenters. The molecule has 0 aliphatic rings. The van der Waals surface area contributed by atoms with Gasteiger partial charge in [-0.25, -0.2) is 4.79 Å². The van der Waals surface area contributed by atoms with E-state index < -0.39 is 5.97 Å². The smallest absolute Gasteiger partial charge is 0.339 e. The predicted octanol–water partition coefficient (Wildman–Crippen LogP) is 3.61. The first-order valence-corrected chi connectivity index (χ1v) is 6.81. The second-order valence-electron chi connectivity index (χ2n) is 4.93. The third-order valence-corrected chi connectivity index (χ3v) is 3.39. The zero-order valence-corrected chi connectivity index (χ0v) is 11.7. The quantitative estimate of drug-likeness (QED) is 0.724. The minimum atomic E-state index is -0.546. The summed E-state index contributed by atoms with van der Waals surface area (Å²) in [6, 6.07) is 16.9. The zero-order valence-electron chi connectivity index (χ0n) is 11.7. The highest BCUT2D eigenvalue weighted by atomic mass is 16.5. The first kappa shape index (κ1) is 13.9. The van der Waals surface area contributed by atoms with Crippen LogP contribution in [0.15, 0.2) is 60.7 Å². The van der Waals surface area contributed by atoms with Gasteiger partial charge < -0.3 is 14.9 Å². The Morgan fingerprint density at radius 2 is 1.68 bits per heavy atom. The molecular weight excluding hydrogens is 280 g/mol. The van der Waals surface area contributed by atoms with E-state index in [1.165, 1.54) is 18.2 Å². The second-order valence-corrected chi connectivity index (χ2v) is 4.93. The maximum atomic E-state index is 12.3. The summed E-state index contributed by atoms with van der Waals surface area (Å²) in [6.07, 6.45) is 0. The van der Waals surface area contributed by atoms with Crippen molar-refractivity contribution < 1.29 is 19.7 Å². The van der Waals surface area contributed by atoms with Crippen LogP contribution in [0.1, 0.15) is 15.9 Å². The molecule has 0 aliphatic carbocycles. The maximum absolute atomic E-state index is 12.3. The van der Waals surface area contributed by atoms with Gasteiger partial charge in [-0.15, -0.1) is 0 Å². The summed E-state index contributed by atoms with van der Waals surface area (Å²) in [6.45, 7) is 0.148. The molecule has 0 saturated carbocycles. The summed E-state index contributed by atoms with van der Waals surface area (Å²) >= 11 is 0. The van der Waals surface area contributed by atoms with Gasteiger partial charge in [0, 0.05) is 10.8 Å². The standard InChI is InChI=1S/C18H14O4/c19-13-9-15-14(7-4-8-17(15)20)16(10-13)18(21)22-11-12-5-2-1-3-6-12/h1-10,19-20H,11H2. The zero-order chi connectivity index (χ0) is 15.5. The van der Waals surface area contributed by atoms with Crippen LogP contribution in [0.2, 0.25) is 0 Å². The lowest BCUT2D eigenvalue weighted by atomic mass is 10.0. The summed E-state index contributed by atoms with van der Waals surface area (Å²) in [5, 5.41) is 20.5. The molecule has 0 amide bonds. The molecule has 2 N–H and O–H groups in total. The number of aromatic hydroxyl groups is 2. The number of phenolic OH excluding ortho intramolecular Hbond substituents is 2. The summed E-state index contributed by atoms with van der Waals surface area (Å²) in [5.74, 6) is -0.637. The fraction of sp³-hybridized carbons (Fsp3) is 0.0556. The van der Waals surface area contributed by atoms with Crippen LogP contribution in [0.3, 0.4) is 0 Å². The molecule has 0 radical (unpaired) electrons. The van der Waals surface area contributed by atoms with Gasteiger partial charge in [0.25, 0.3) is 0 Å². The Labute approximate surface area is 127 Å². The van der Waals surface area contributed by atoms with Crippen LogP contribution in [-0.4, -0.2) is 16.2 Å². The van der Waals surface area contributed by atoms with Gasteiger partial charge in [-0.2, -0.15) is 0 Å². The Hall–Kier alpha value is -3.01. The van der Waals surface area contributed by atoms with E-state index >= 15 is 0 Å². The summed E-state index contributed by atoms with van der Waals surface area (Å²) < 4.78 is 5.29. The highest BCUT2D eigenvalue weighted by Crippen LogP contribution is 2.31. The Morgan fingerprint density at radius 1 is 0.909 bits per heavy atom. The Morgan fingerprint density at radius 3 is 2.45 bits per heavy atom. The molecule has 110 valence electrons. The van der Waals surface area contributed by atoms with E-state index in [1.807, 2.05) is 30.3 Å². The fourth-order valence-electron chi connectivity index (χ4n) is 2.32. The predicted molar refractivity (Wildman–Crippen MR) is 82.8 cm³/mol. The molecule has 0 aromatic heterocycles. The van der Waals surface area contributed by atoms with Crippen LogP contribution in [0, 0.1) is 0 Å². The third kappa shape index (κ3) is 2.72. The lowest BCUT2D eigenvalue weighted by molar-refractivity contribution is 0.0474. The van der Waals surface area contributed by atoms with Crippen molar-refractivity contribution in [2.45, 2.75) is 6.61 Å². The molecule has 0 fully saturated rings. The van der Waals surface area contributed by atoms with Crippen molar-refractivity contribution in [3.05, 3.63) is 71.8 Å². The van der Waals surface area contributed by atoms with Gasteiger partial charge in [0.05, 0.1) is 5.56 Å². The van der Waals surface area contributed by atoms with E-state index in [0.717, 1.165) is 5.56 Å². The van der Waals surface area contributed by atoms with Crippen LogP contribution in [-0.2, 0) is 11.3 Å². The molecular formula is C18H14O4. The van der Waals surface area contributed by atoms with Crippen LogP contribution >= 0.6 is 0 Å². The third-order valence-electron chi connectivity index (χ3n) is 3.39. The number of carbonyl (C=O) groups is 1. The Balaban J connectivity index is 1.92. The number of hydrogen-bond donors (Lipinski definition) is 2. The Bertz CT molecular complexity index is 825. The average molecular weight is 294 g/mol. The van der Waals surface area contributed by atoms with Gasteiger partial charge in [0.1, 0.15) is 18.1 Å². The van der Waals surface area contributed by atoms with Crippen LogP contribution in [0.5, 0.6) is 11.5 Å². The first-order chi connectivity index (χ1) is 10.6. The summed E-state index contributed by atoms with van der Waals surface area (Å²) in [5.41, 5.74) is 1.10. The van der Waals surface area contributed by atoms with Crippen molar-refractivity contribution in [1.29, 1.82) is 0 Å². The van der Waals surface area contributed by atoms with E-state index in [4.69, 9.17) is 4.74 Å². The molecule has 3 rings (SSSR count). The highest BCUT2D eigenvalue weighted by molar-refractivity contribution is 6.06. The molecule has 0 spiro atoms. The van der Waals surface area contributed by atoms with Crippen LogP contribution < -0.4 is 0 Å². The largest absolute Gasteiger partial charge is 0.508 e. The number of phenols is 2. The van der Waals surface area contributed by atoms with Crippen molar-refractivity contribution in [3.63, 3.8) is 0 Å². The normalized spacial score (nSPS) is 10.5. The minimum Gasteiger partial charge on any atom is -0.508 e. The van der Waals surface area contributed by atoms with Gasteiger partial charge in [-0.3, -0.25) is 0 Å². The van der Waals surface area contributed by atoms with Gasteiger partial charge in [-0.05, 0) is 23.8 Å². The number of esters is 1. The van der Waals surface area contributed by atoms with E-state index in [1.54, 1.807) is 12.1 Å². The molecule has 4 heteroatoms. The van der Waals surface area contributed by atoms with Crippen molar-refractivity contribution in [1.82, 2.24) is 0 Å². The van der Waals surface area contributed by atoms with Gasteiger partial charge in [0.15, 0.2) is 0 Å². The van der Waals surface area contributed by atoms with Crippen molar-refractivity contribution in [2.75, 3.05) is 0 Å². The molecule has 4 nitrogen and oxygen atoms in total. The van der Waals surface area contributed by atoms with Crippen LogP contribution in [0.4, 0.5) is 0 Å². The van der Waals surface area contributed by atoms with Crippen molar-refractivity contribution in [3.8, 4) is 11.5 Å². The number of hydrogen-bond acceptors (Lipinski definition) is 4. The molecule has 3 aromatic carbocycles. The van der Waals surface area contributed by atoms with Crippen LogP contribution in [0.25, 0.3) is 10.8 Å². The molecule has 3 aromatic rings. The average Bonchev–Trinajstić information content (AvgIpc) is 2.54. The summed E-state index contributed by atoms with van der Waals surface area (Å²) in [4.78, 5) is 12.3. The van der Waals surface area contributed by atoms with Crippen molar-refractivity contribution in [2.24, 2.45) is 0 Å². The highest BCUT2D eigenvalue weighted by Gasteiger charge is 2.15. The first-order valence-electron chi connectivity index (χ1n) is 6.81. The lowest BCUT2D eigenvalue weighted by Gasteiger charge is -2.09. The monoisotopic (exact) mass is 294 g/mol. The number of fused-ring (bicyclic) bond motifs is 1. The number of ether oxygens (including phenoxy) is 1. The van der Waals surface area contributed by atoms with E-state index in [9.17, 15) is 15.0 Å². The number of benzene rings is 3. The van der Waals surface area contributed by atoms with Crippen molar-refractivity contribution >= 4 is 16.7 Å². The molecule has 0 atom stereocenters. The summed E-state index contributed by atoms with van der Waals surface area (Å²) in [7, 11) is 0. The van der Waals surface area contributed by atoms with E-state index in [0.29, 0.717) is 10.8 Å². The maximum Gasteiger partial charge on any atom is 0.339 e. The van der Waals surface area contributed by atoms with E-state index in [2.05, 4.69) is 0 Å². The molecule has 0 heterocycles. The molecule has 0 bridgehead atoms. The fourth-order valence-corrected chi connectivity index (χ4v) is 2.32. The SMILES string of the molecule is O=C(OCc1ccccc1)c1cc(O)cc2c(O)cccc12. The minimum absolute atomic E-state index is 0.00510.